The van der Waals surface area contributed by atoms with E-state index >= 15 is 0 Å². The van der Waals surface area contributed by atoms with Gasteiger partial charge in [0.15, 0.2) is 6.29 Å². The Labute approximate surface area is 234 Å². The first-order chi connectivity index (χ1) is 18.8. The number of ether oxygens (including phenoxy) is 3. The van der Waals surface area contributed by atoms with Crippen molar-refractivity contribution in [3.8, 4) is 0 Å². The van der Waals surface area contributed by atoms with Gasteiger partial charge in [-0.25, -0.2) is 0 Å². The summed E-state index contributed by atoms with van der Waals surface area (Å²) in [6, 6.07) is 0. The molecule has 8 N–H and O–H groups in total. The lowest BCUT2D eigenvalue weighted by molar-refractivity contribution is -0.342. The molecule has 1 saturated heterocycles. The van der Waals surface area contributed by atoms with Crippen LogP contribution in [-0.4, -0.2) is 121 Å². The summed E-state index contributed by atoms with van der Waals surface area (Å²) in [5, 5.41) is 89.6. The second-order valence-electron chi connectivity index (χ2n) is 13.8. The third kappa shape index (κ3) is 3.83. The van der Waals surface area contributed by atoms with Crippen molar-refractivity contribution in [1.82, 2.24) is 0 Å². The summed E-state index contributed by atoms with van der Waals surface area (Å²) < 4.78 is 17.1. The highest BCUT2D eigenvalue weighted by Crippen LogP contribution is 2.70. The van der Waals surface area contributed by atoms with Crippen molar-refractivity contribution < 1.29 is 55.1 Å². The van der Waals surface area contributed by atoms with Gasteiger partial charge in [-0.15, -0.1) is 0 Å². The van der Waals surface area contributed by atoms with Gasteiger partial charge in [0, 0.05) is 24.2 Å². The van der Waals surface area contributed by atoms with Crippen molar-refractivity contribution in [3.63, 3.8) is 0 Å². The minimum atomic E-state index is -1.63. The summed E-state index contributed by atoms with van der Waals surface area (Å²) in [6.45, 7) is 4.08. The zero-order valence-electron chi connectivity index (χ0n) is 23.3. The smallest absolute Gasteiger partial charge is 0.186 e. The fourth-order valence-corrected chi connectivity index (χ4v) is 10.1. The van der Waals surface area contributed by atoms with Crippen molar-refractivity contribution in [2.45, 2.75) is 119 Å². The lowest BCUT2D eigenvalue weighted by Crippen LogP contribution is -2.76. The van der Waals surface area contributed by atoms with Crippen LogP contribution in [0.4, 0.5) is 0 Å². The molecule has 2 heterocycles. The van der Waals surface area contributed by atoms with Crippen molar-refractivity contribution in [2.75, 3.05) is 19.8 Å². The fraction of sp³-hybridized carbons (Fsp3) is 0.931. The molecular weight excluding hydrogens is 524 g/mol. The van der Waals surface area contributed by atoms with Crippen LogP contribution in [0.3, 0.4) is 0 Å². The molecule has 4 saturated carbocycles. The molecule has 4 aliphatic carbocycles. The number of aliphatic hydroxyl groups is 8. The summed E-state index contributed by atoms with van der Waals surface area (Å²) in [7, 11) is 0. The van der Waals surface area contributed by atoms with Gasteiger partial charge in [0.2, 0.25) is 0 Å². The molecule has 0 aromatic heterocycles. The van der Waals surface area contributed by atoms with Gasteiger partial charge in [0.05, 0.1) is 60.9 Å². The molecule has 0 amide bonds. The number of hydrogen-bond acceptors (Lipinski definition) is 11. The zero-order chi connectivity index (χ0) is 28.8. The molecule has 2 aliphatic heterocycles. The van der Waals surface area contributed by atoms with Crippen LogP contribution in [0.2, 0.25) is 0 Å². The minimum Gasteiger partial charge on any atom is -0.396 e. The van der Waals surface area contributed by atoms with Crippen LogP contribution < -0.4 is 0 Å². The topological polar surface area (TPSA) is 190 Å². The van der Waals surface area contributed by atoms with Crippen molar-refractivity contribution >= 4 is 0 Å². The Kier molecular flexibility index (Phi) is 7.28. The Morgan fingerprint density at radius 2 is 1.75 bits per heavy atom. The molecule has 0 unspecified atom stereocenters. The number of fused-ring (bicyclic) bond motifs is 5. The van der Waals surface area contributed by atoms with E-state index in [-0.39, 0.29) is 31.6 Å². The number of hydrogen-bond donors (Lipinski definition) is 8. The molecule has 40 heavy (non-hydrogen) atoms. The van der Waals surface area contributed by atoms with Crippen LogP contribution in [0.5, 0.6) is 0 Å². The van der Waals surface area contributed by atoms with Crippen molar-refractivity contribution in [2.24, 2.45) is 28.6 Å². The molecule has 0 radical (unpaired) electrons. The molecule has 6 rings (SSSR count). The van der Waals surface area contributed by atoms with Gasteiger partial charge in [0.1, 0.15) is 18.3 Å². The van der Waals surface area contributed by atoms with E-state index < -0.39 is 89.5 Å². The highest BCUT2D eigenvalue weighted by Gasteiger charge is 2.75. The first-order valence-corrected chi connectivity index (χ1v) is 14.9. The van der Waals surface area contributed by atoms with E-state index in [1.807, 2.05) is 6.92 Å². The molecule has 11 nitrogen and oxygen atoms in total. The van der Waals surface area contributed by atoms with Gasteiger partial charge in [-0.2, -0.15) is 0 Å². The van der Waals surface area contributed by atoms with Gasteiger partial charge in [-0.05, 0) is 56.4 Å². The van der Waals surface area contributed by atoms with E-state index in [9.17, 15) is 40.9 Å². The van der Waals surface area contributed by atoms with Crippen molar-refractivity contribution in [3.05, 3.63) is 11.6 Å². The molecule has 6 aliphatic rings. The van der Waals surface area contributed by atoms with Gasteiger partial charge in [0.25, 0.3) is 0 Å². The van der Waals surface area contributed by atoms with Crippen LogP contribution in [0.25, 0.3) is 0 Å². The second-order valence-corrected chi connectivity index (χ2v) is 13.8. The van der Waals surface area contributed by atoms with Gasteiger partial charge >= 0.3 is 0 Å². The average molecular weight is 571 g/mol. The van der Waals surface area contributed by atoms with Gasteiger partial charge in [-0.3, -0.25) is 0 Å². The maximum Gasteiger partial charge on any atom is 0.186 e. The lowest BCUT2D eigenvalue weighted by atomic mass is 9.40. The quantitative estimate of drug-likeness (QED) is 0.152. The Balaban J connectivity index is 1.28. The van der Waals surface area contributed by atoms with Gasteiger partial charge in [-0.1, -0.05) is 13.0 Å². The number of aliphatic hydroxyl groups excluding tert-OH is 6. The Hall–Kier alpha value is -0.700. The van der Waals surface area contributed by atoms with Crippen LogP contribution in [0.1, 0.15) is 58.8 Å². The van der Waals surface area contributed by atoms with Crippen LogP contribution in [-0.2, 0) is 14.2 Å². The minimum absolute atomic E-state index is 0.00269. The zero-order valence-corrected chi connectivity index (χ0v) is 23.3. The third-order valence-corrected chi connectivity index (χ3v) is 12.2. The second kappa shape index (κ2) is 9.92. The Morgan fingerprint density at radius 1 is 1.00 bits per heavy atom. The third-order valence-electron chi connectivity index (χ3n) is 12.2. The van der Waals surface area contributed by atoms with Crippen molar-refractivity contribution in [1.29, 1.82) is 0 Å². The standard InChI is InChI=1S/C29H46O11/c1-14-22(33)23(34)24(35)25(39-14)40-16-9-20(32)28(13-30)21-18(3-6-27(28,36)10-16)29(37)7-4-17(15-5-8-38-12-15)26(29,2)11-19(21)31/h5,14,16-25,30-37H,3-4,6-13H2,1-2H3/t14-,16-,17+,18+,19+,20+,21+,22-,23+,24+,25-,26+,27-,28+,29-/m0/s1. The highest BCUT2D eigenvalue weighted by atomic mass is 16.7. The Bertz CT molecular complexity index is 1010. The largest absolute Gasteiger partial charge is 0.396 e. The van der Waals surface area contributed by atoms with E-state index in [4.69, 9.17) is 14.2 Å². The summed E-state index contributed by atoms with van der Waals surface area (Å²) >= 11 is 0. The normalized spacial score (nSPS) is 58.1. The fourth-order valence-electron chi connectivity index (χ4n) is 10.1. The summed E-state index contributed by atoms with van der Waals surface area (Å²) in [5.74, 6) is -1.12. The first-order valence-electron chi connectivity index (χ1n) is 14.9. The van der Waals surface area contributed by atoms with E-state index in [1.165, 1.54) is 0 Å². The predicted octanol–water partition coefficient (Wildman–Crippen LogP) is -1.04. The van der Waals surface area contributed by atoms with E-state index in [1.54, 1.807) is 6.92 Å². The first kappa shape index (κ1) is 29.4. The van der Waals surface area contributed by atoms with Crippen LogP contribution in [0, 0.1) is 28.6 Å². The number of rotatable bonds is 4. The Morgan fingerprint density at radius 3 is 2.42 bits per heavy atom. The van der Waals surface area contributed by atoms with Gasteiger partial charge < -0.3 is 55.1 Å². The van der Waals surface area contributed by atoms with Crippen LogP contribution in [0.15, 0.2) is 11.6 Å². The maximum atomic E-state index is 12.4. The molecule has 228 valence electrons. The molecule has 11 heteroatoms. The molecular formula is C29H46O11. The van der Waals surface area contributed by atoms with E-state index in [0.717, 1.165) is 12.0 Å². The maximum absolute atomic E-state index is 12.4. The lowest BCUT2D eigenvalue weighted by Gasteiger charge is -2.68. The molecule has 0 spiro atoms. The van der Waals surface area contributed by atoms with Crippen LogP contribution >= 0.6 is 0 Å². The SMILES string of the molecule is C[C@@H]1O[C@@H](O[C@H]2C[C@@H](O)[C@]3(CO)[C@H]4[C@H](O)C[C@]5(C)[C@@H](C6=CCOC6)CC[C@]5(O)[C@@H]4CC[C@]3(O)C2)[C@H](O)[C@H](O)[C@H]1O. The molecule has 0 aromatic rings. The molecule has 5 fully saturated rings. The molecule has 15 atom stereocenters. The van der Waals surface area contributed by atoms with E-state index in [2.05, 4.69) is 6.08 Å². The van der Waals surface area contributed by atoms with E-state index in [0.29, 0.717) is 26.1 Å². The molecule has 0 bridgehead atoms. The summed E-state index contributed by atoms with van der Waals surface area (Å²) in [5.41, 5.74) is -3.71. The average Bonchev–Trinajstić information content (AvgIpc) is 3.51. The highest BCUT2D eigenvalue weighted by molar-refractivity contribution is 5.28. The summed E-state index contributed by atoms with van der Waals surface area (Å²) in [6.07, 6.45) is -5.20. The summed E-state index contributed by atoms with van der Waals surface area (Å²) in [4.78, 5) is 0. The monoisotopic (exact) mass is 570 g/mol. The molecule has 0 aromatic carbocycles. The predicted molar refractivity (Wildman–Crippen MR) is 138 cm³/mol.